The maximum atomic E-state index is 12.3. The van der Waals surface area contributed by atoms with Crippen molar-refractivity contribution in [1.82, 2.24) is 4.72 Å². The topological polar surface area (TPSA) is 75.3 Å². The van der Waals surface area contributed by atoms with Gasteiger partial charge in [-0.1, -0.05) is 28.1 Å². The van der Waals surface area contributed by atoms with E-state index in [0.29, 0.717) is 5.69 Å². The number of para-hydroxylation sites is 1. The highest BCUT2D eigenvalue weighted by atomic mass is 79.9. The molecule has 128 valence electrons. The number of hydrogen-bond acceptors (Lipinski definition) is 4. The van der Waals surface area contributed by atoms with Crippen molar-refractivity contribution in [1.29, 1.82) is 0 Å². The Morgan fingerprint density at radius 2 is 1.75 bits per heavy atom. The molecule has 0 radical (unpaired) electrons. The van der Waals surface area contributed by atoms with Crippen LogP contribution < -0.4 is 10.0 Å². The van der Waals surface area contributed by atoms with E-state index in [1.54, 1.807) is 18.2 Å². The van der Waals surface area contributed by atoms with E-state index in [0.717, 1.165) is 9.37 Å². The van der Waals surface area contributed by atoms with Gasteiger partial charge in [0.1, 0.15) is 0 Å². The molecule has 1 amide bonds. The van der Waals surface area contributed by atoms with Gasteiger partial charge >= 0.3 is 0 Å². The van der Waals surface area contributed by atoms with E-state index in [-0.39, 0.29) is 4.90 Å². The zero-order valence-electron chi connectivity index (χ0n) is 13.1. The van der Waals surface area contributed by atoms with Gasteiger partial charge in [0.05, 0.1) is 16.6 Å². The van der Waals surface area contributed by atoms with Gasteiger partial charge in [0.2, 0.25) is 15.9 Å². The summed E-state index contributed by atoms with van der Waals surface area (Å²) in [4.78, 5) is 13.3. The number of hydrogen-bond donors (Lipinski definition) is 2. The Labute approximate surface area is 154 Å². The van der Waals surface area contributed by atoms with E-state index in [2.05, 4.69) is 26.0 Å². The highest BCUT2D eigenvalue weighted by molar-refractivity contribution is 9.10. The van der Waals surface area contributed by atoms with E-state index in [1.807, 2.05) is 24.5 Å². The second-order valence-corrected chi connectivity index (χ2v) is 8.46. The van der Waals surface area contributed by atoms with Crippen LogP contribution in [0.25, 0.3) is 0 Å². The number of rotatable bonds is 6. The highest BCUT2D eigenvalue weighted by Crippen LogP contribution is 2.24. The number of sulfonamides is 1. The smallest absolute Gasteiger partial charge is 0.242 e. The normalized spacial score (nSPS) is 12.6. The largest absolute Gasteiger partial charge is 0.324 e. The summed E-state index contributed by atoms with van der Waals surface area (Å²) >= 11 is 4.76. The zero-order chi connectivity index (χ0) is 17.7. The van der Waals surface area contributed by atoms with Crippen LogP contribution in [0, 0.1) is 0 Å². The Bertz CT molecular complexity index is 823. The predicted octanol–water partition coefficient (Wildman–Crippen LogP) is 3.48. The SMILES string of the molecule is CSc1ccccc1NC(=O)C(C)NS(=O)(=O)c1ccc(Br)cc1. The molecule has 5 nitrogen and oxygen atoms in total. The van der Waals surface area contributed by atoms with Gasteiger partial charge < -0.3 is 5.32 Å². The van der Waals surface area contributed by atoms with Gasteiger partial charge in [-0.3, -0.25) is 4.79 Å². The minimum absolute atomic E-state index is 0.106. The first kappa shape index (κ1) is 19.0. The Hall–Kier alpha value is -1.35. The van der Waals surface area contributed by atoms with Crippen molar-refractivity contribution in [3.8, 4) is 0 Å². The van der Waals surface area contributed by atoms with Crippen molar-refractivity contribution in [2.45, 2.75) is 22.8 Å². The van der Waals surface area contributed by atoms with Crippen molar-refractivity contribution in [3.63, 3.8) is 0 Å². The Morgan fingerprint density at radius 3 is 2.38 bits per heavy atom. The summed E-state index contributed by atoms with van der Waals surface area (Å²) in [5, 5.41) is 2.75. The van der Waals surface area contributed by atoms with Crippen LogP contribution in [0.15, 0.2) is 62.8 Å². The monoisotopic (exact) mass is 428 g/mol. The van der Waals surface area contributed by atoms with E-state index < -0.39 is 22.0 Å². The van der Waals surface area contributed by atoms with Crippen LogP contribution in [0.5, 0.6) is 0 Å². The molecule has 0 aromatic heterocycles. The summed E-state index contributed by atoms with van der Waals surface area (Å²) in [6.07, 6.45) is 1.91. The molecule has 2 N–H and O–H groups in total. The highest BCUT2D eigenvalue weighted by Gasteiger charge is 2.22. The lowest BCUT2D eigenvalue weighted by atomic mass is 10.3. The summed E-state index contributed by atoms with van der Waals surface area (Å²) in [5.74, 6) is -0.419. The minimum Gasteiger partial charge on any atom is -0.324 e. The van der Waals surface area contributed by atoms with E-state index in [1.165, 1.54) is 30.8 Å². The summed E-state index contributed by atoms with van der Waals surface area (Å²) in [7, 11) is -3.77. The van der Waals surface area contributed by atoms with Crippen molar-refractivity contribution < 1.29 is 13.2 Å². The number of nitrogens with one attached hydrogen (secondary N) is 2. The lowest BCUT2D eigenvalue weighted by Gasteiger charge is -2.16. The fourth-order valence-corrected chi connectivity index (χ4v) is 3.98. The number of thioether (sulfide) groups is 1. The first-order chi connectivity index (χ1) is 11.3. The number of carbonyl (C=O) groups is 1. The molecule has 0 aliphatic rings. The quantitative estimate of drug-likeness (QED) is 0.690. The molecule has 2 aromatic rings. The average molecular weight is 429 g/mol. The fourth-order valence-electron chi connectivity index (χ4n) is 1.96. The molecule has 24 heavy (non-hydrogen) atoms. The molecule has 0 aliphatic carbocycles. The number of halogens is 1. The molecular formula is C16H17BrN2O3S2. The molecule has 0 aliphatic heterocycles. The van der Waals surface area contributed by atoms with Gasteiger partial charge in [0.15, 0.2) is 0 Å². The van der Waals surface area contributed by atoms with Gasteiger partial charge in [-0.25, -0.2) is 8.42 Å². The van der Waals surface area contributed by atoms with Crippen LogP contribution in [0.2, 0.25) is 0 Å². The van der Waals surface area contributed by atoms with Crippen LogP contribution in [0.4, 0.5) is 5.69 Å². The predicted molar refractivity (Wildman–Crippen MR) is 101 cm³/mol. The number of anilines is 1. The van der Waals surface area contributed by atoms with Crippen molar-refractivity contribution in [2.24, 2.45) is 0 Å². The van der Waals surface area contributed by atoms with Gasteiger partial charge in [-0.2, -0.15) is 4.72 Å². The lowest BCUT2D eigenvalue weighted by Crippen LogP contribution is -2.41. The third-order valence-corrected chi connectivity index (χ3v) is 6.10. The molecule has 2 aromatic carbocycles. The zero-order valence-corrected chi connectivity index (χ0v) is 16.3. The minimum atomic E-state index is -3.77. The first-order valence-electron chi connectivity index (χ1n) is 7.05. The van der Waals surface area contributed by atoms with Gasteiger partial charge in [-0.15, -0.1) is 11.8 Å². The molecule has 1 unspecified atom stereocenters. The van der Waals surface area contributed by atoms with Crippen molar-refractivity contribution in [3.05, 3.63) is 53.0 Å². The third kappa shape index (κ3) is 4.83. The average Bonchev–Trinajstić information content (AvgIpc) is 2.55. The fraction of sp³-hybridized carbons (Fsp3) is 0.188. The molecule has 8 heteroatoms. The number of carbonyl (C=O) groups excluding carboxylic acids is 1. The summed E-state index contributed by atoms with van der Waals surface area (Å²) in [5.41, 5.74) is 0.657. The lowest BCUT2D eigenvalue weighted by molar-refractivity contribution is -0.117. The number of amides is 1. The van der Waals surface area contributed by atoms with E-state index in [4.69, 9.17) is 0 Å². The van der Waals surface area contributed by atoms with Crippen molar-refractivity contribution >= 4 is 49.3 Å². The molecule has 0 bridgehead atoms. The molecule has 0 saturated heterocycles. The van der Waals surface area contributed by atoms with E-state index >= 15 is 0 Å². The van der Waals surface area contributed by atoms with Crippen LogP contribution in [-0.4, -0.2) is 26.6 Å². The first-order valence-corrected chi connectivity index (χ1v) is 10.6. The second kappa shape index (κ2) is 8.15. The molecule has 0 fully saturated rings. The number of benzene rings is 2. The Balaban J connectivity index is 2.09. The maximum absolute atomic E-state index is 12.3. The Morgan fingerprint density at radius 1 is 1.12 bits per heavy atom. The molecule has 1 atom stereocenters. The molecule has 0 heterocycles. The van der Waals surface area contributed by atoms with Crippen LogP contribution >= 0.6 is 27.7 Å². The summed E-state index contributed by atoms with van der Waals surface area (Å²) in [6, 6.07) is 12.7. The summed E-state index contributed by atoms with van der Waals surface area (Å²) in [6.45, 7) is 1.51. The van der Waals surface area contributed by atoms with Crippen LogP contribution in [0.1, 0.15) is 6.92 Å². The third-order valence-electron chi connectivity index (χ3n) is 3.21. The standard InChI is InChI=1S/C16H17BrN2O3S2/c1-11(16(20)18-14-5-3-4-6-15(14)23-2)19-24(21,22)13-9-7-12(17)8-10-13/h3-11,19H,1-2H3,(H,18,20). The van der Waals surface area contributed by atoms with Gasteiger partial charge in [0.25, 0.3) is 0 Å². The molecular weight excluding hydrogens is 412 g/mol. The second-order valence-electron chi connectivity index (χ2n) is 4.99. The molecule has 0 saturated carbocycles. The van der Waals surface area contributed by atoms with E-state index in [9.17, 15) is 13.2 Å². The summed E-state index contributed by atoms with van der Waals surface area (Å²) < 4.78 is 27.8. The van der Waals surface area contributed by atoms with Gasteiger partial charge in [-0.05, 0) is 49.6 Å². The maximum Gasteiger partial charge on any atom is 0.242 e. The van der Waals surface area contributed by atoms with Crippen LogP contribution in [0.3, 0.4) is 0 Å². The van der Waals surface area contributed by atoms with Crippen LogP contribution in [-0.2, 0) is 14.8 Å². The van der Waals surface area contributed by atoms with Crippen molar-refractivity contribution in [2.75, 3.05) is 11.6 Å². The Kier molecular flexibility index (Phi) is 6.45. The molecule has 2 rings (SSSR count). The molecule has 0 spiro atoms. The van der Waals surface area contributed by atoms with Gasteiger partial charge in [0, 0.05) is 9.37 Å².